The number of nitrogens with two attached hydrogens (primary N) is 1. The zero-order chi connectivity index (χ0) is 27.8. The van der Waals surface area contributed by atoms with Gasteiger partial charge in [-0.3, -0.25) is 14.4 Å². The van der Waals surface area contributed by atoms with Crippen LogP contribution in [0.4, 0.5) is 11.4 Å². The molecule has 9 heteroatoms. The topological polar surface area (TPSA) is 120 Å². The van der Waals surface area contributed by atoms with Crippen LogP contribution in [-0.2, 0) is 4.79 Å². The van der Waals surface area contributed by atoms with Crippen molar-refractivity contribution in [3.8, 4) is 11.5 Å². The van der Waals surface area contributed by atoms with Gasteiger partial charge < -0.3 is 25.8 Å². The van der Waals surface area contributed by atoms with Gasteiger partial charge >= 0.3 is 0 Å². The van der Waals surface area contributed by atoms with Crippen LogP contribution < -0.4 is 25.8 Å². The van der Waals surface area contributed by atoms with Crippen molar-refractivity contribution < 1.29 is 23.9 Å². The van der Waals surface area contributed by atoms with Crippen molar-refractivity contribution in [2.75, 3.05) is 24.9 Å². The Kier molecular flexibility index (Phi) is 8.86. The van der Waals surface area contributed by atoms with Crippen LogP contribution in [0.5, 0.6) is 11.5 Å². The lowest BCUT2D eigenvalue weighted by Gasteiger charge is -2.19. The van der Waals surface area contributed by atoms with E-state index < -0.39 is 17.1 Å². The molecular weight excluding hydrogens is 514 g/mol. The summed E-state index contributed by atoms with van der Waals surface area (Å²) in [5, 5.41) is 5.07. The Labute approximate surface area is 230 Å². The fourth-order valence-electron chi connectivity index (χ4n) is 3.96. The molecule has 1 atom stereocenters. The summed E-state index contributed by atoms with van der Waals surface area (Å²) in [6.45, 7) is 0. The third-order valence-corrected chi connectivity index (χ3v) is 7.04. The molecule has 4 aromatic carbocycles. The fraction of sp³-hybridized carbons (Fsp3) is 0.100. The Morgan fingerprint density at radius 2 is 1.41 bits per heavy atom. The van der Waals surface area contributed by atoms with Crippen molar-refractivity contribution in [2.45, 2.75) is 10.1 Å². The number of nitrogens with one attached hydrogen (secondary N) is 2. The second-order valence-electron chi connectivity index (χ2n) is 8.33. The van der Waals surface area contributed by atoms with Gasteiger partial charge in [0.1, 0.15) is 22.3 Å². The summed E-state index contributed by atoms with van der Waals surface area (Å²) in [7, 11) is 2.97. The Bertz CT molecular complexity index is 1470. The van der Waals surface area contributed by atoms with Crippen molar-refractivity contribution in [3.05, 3.63) is 114 Å². The molecule has 0 bridgehead atoms. The third kappa shape index (κ3) is 6.58. The first-order valence-electron chi connectivity index (χ1n) is 11.9. The molecule has 0 aliphatic heterocycles. The van der Waals surface area contributed by atoms with Crippen LogP contribution in [-0.4, -0.2) is 31.9 Å². The summed E-state index contributed by atoms with van der Waals surface area (Å²) in [6.07, 6.45) is 0. The van der Waals surface area contributed by atoms with Crippen LogP contribution in [0.3, 0.4) is 0 Å². The number of thioether (sulfide) groups is 1. The Hall–Kier alpha value is -4.76. The standard InChI is InChI=1S/C30H27N3O5S/c1-37-24-16-9-17-25(38-2)26(24)29(35)32-20-12-8-13-21(18-20)39-27(19-10-4-3-5-11-19)30(36)33-23-15-7-6-14-22(23)28(31)34/h3-18,27H,1-2H3,(H2,31,34)(H,32,35)(H,33,36). The van der Waals surface area contributed by atoms with Gasteiger partial charge in [0.05, 0.1) is 25.5 Å². The highest BCUT2D eigenvalue weighted by molar-refractivity contribution is 8.00. The number of hydrogen-bond donors (Lipinski definition) is 3. The zero-order valence-electron chi connectivity index (χ0n) is 21.3. The molecule has 0 heterocycles. The van der Waals surface area contributed by atoms with Crippen LogP contribution in [0.15, 0.2) is 102 Å². The number of primary amides is 1. The summed E-state index contributed by atoms with van der Waals surface area (Å²) < 4.78 is 10.7. The molecule has 198 valence electrons. The molecule has 0 radical (unpaired) electrons. The summed E-state index contributed by atoms with van der Waals surface area (Å²) in [4.78, 5) is 39.2. The first-order valence-corrected chi connectivity index (χ1v) is 12.8. The molecule has 0 aromatic heterocycles. The summed E-state index contributed by atoms with van der Waals surface area (Å²) >= 11 is 1.31. The molecule has 0 saturated heterocycles. The monoisotopic (exact) mass is 541 g/mol. The molecule has 4 rings (SSSR count). The minimum Gasteiger partial charge on any atom is -0.496 e. The van der Waals surface area contributed by atoms with E-state index in [4.69, 9.17) is 15.2 Å². The van der Waals surface area contributed by atoms with E-state index in [2.05, 4.69) is 10.6 Å². The minimum absolute atomic E-state index is 0.221. The van der Waals surface area contributed by atoms with E-state index in [0.717, 1.165) is 10.5 Å². The van der Waals surface area contributed by atoms with Crippen LogP contribution in [0.1, 0.15) is 31.5 Å². The molecule has 0 fully saturated rings. The highest BCUT2D eigenvalue weighted by atomic mass is 32.2. The maximum atomic E-state index is 13.5. The highest BCUT2D eigenvalue weighted by Crippen LogP contribution is 2.38. The third-order valence-electron chi connectivity index (χ3n) is 5.79. The maximum absolute atomic E-state index is 13.5. The number of ether oxygens (including phenoxy) is 2. The predicted octanol–water partition coefficient (Wildman–Crippen LogP) is 5.53. The second-order valence-corrected chi connectivity index (χ2v) is 9.51. The summed E-state index contributed by atoms with van der Waals surface area (Å²) in [5.74, 6) is -0.589. The van der Waals surface area contributed by atoms with Crippen molar-refractivity contribution in [1.82, 2.24) is 0 Å². The normalized spacial score (nSPS) is 11.2. The lowest BCUT2D eigenvalue weighted by molar-refractivity contribution is -0.115. The summed E-state index contributed by atoms with van der Waals surface area (Å²) in [6, 6.07) is 28.2. The molecule has 8 nitrogen and oxygen atoms in total. The Morgan fingerprint density at radius 3 is 2.08 bits per heavy atom. The molecule has 39 heavy (non-hydrogen) atoms. The fourth-order valence-corrected chi connectivity index (χ4v) is 5.04. The number of carbonyl (C=O) groups excluding carboxylic acids is 3. The molecule has 0 aliphatic rings. The molecule has 0 aliphatic carbocycles. The van der Waals surface area contributed by atoms with Crippen LogP contribution in [0.2, 0.25) is 0 Å². The van der Waals surface area contributed by atoms with Crippen LogP contribution in [0, 0.1) is 0 Å². The van der Waals surface area contributed by atoms with Gasteiger partial charge in [-0.05, 0) is 48.0 Å². The van der Waals surface area contributed by atoms with Gasteiger partial charge in [-0.2, -0.15) is 0 Å². The molecule has 0 spiro atoms. The van der Waals surface area contributed by atoms with Gasteiger partial charge in [0.2, 0.25) is 5.91 Å². The number of anilines is 2. The quantitative estimate of drug-likeness (QED) is 0.227. The lowest BCUT2D eigenvalue weighted by Crippen LogP contribution is -2.22. The largest absolute Gasteiger partial charge is 0.496 e. The smallest absolute Gasteiger partial charge is 0.263 e. The van der Waals surface area contributed by atoms with Crippen LogP contribution in [0.25, 0.3) is 0 Å². The zero-order valence-corrected chi connectivity index (χ0v) is 22.2. The van der Waals surface area contributed by atoms with Gasteiger partial charge in [-0.25, -0.2) is 0 Å². The van der Waals surface area contributed by atoms with Crippen molar-refractivity contribution >= 4 is 40.9 Å². The van der Waals surface area contributed by atoms with Gasteiger partial charge in [-0.15, -0.1) is 11.8 Å². The number of hydrogen-bond acceptors (Lipinski definition) is 6. The average molecular weight is 542 g/mol. The average Bonchev–Trinajstić information content (AvgIpc) is 2.96. The molecule has 4 N–H and O–H groups in total. The number of carbonyl (C=O) groups is 3. The number of benzene rings is 4. The minimum atomic E-state index is -0.660. The highest BCUT2D eigenvalue weighted by Gasteiger charge is 2.24. The number of amides is 3. The summed E-state index contributed by atoms with van der Waals surface area (Å²) in [5.41, 5.74) is 7.62. The molecular formula is C30H27N3O5S. The Balaban J connectivity index is 1.59. The van der Waals surface area contributed by atoms with E-state index in [1.54, 1.807) is 60.7 Å². The first-order chi connectivity index (χ1) is 18.9. The lowest BCUT2D eigenvalue weighted by atomic mass is 10.1. The number of para-hydroxylation sites is 1. The van der Waals surface area contributed by atoms with E-state index in [1.807, 2.05) is 36.4 Å². The van der Waals surface area contributed by atoms with Gasteiger partial charge in [0.25, 0.3) is 11.8 Å². The van der Waals surface area contributed by atoms with Crippen molar-refractivity contribution in [2.24, 2.45) is 5.73 Å². The van der Waals surface area contributed by atoms with E-state index >= 15 is 0 Å². The number of methoxy groups -OCH3 is 2. The van der Waals surface area contributed by atoms with Gasteiger partial charge in [0.15, 0.2) is 0 Å². The van der Waals surface area contributed by atoms with Crippen LogP contribution >= 0.6 is 11.8 Å². The second kappa shape index (κ2) is 12.7. The SMILES string of the molecule is COc1cccc(OC)c1C(=O)Nc1cccc(SC(C(=O)Nc2ccccc2C(N)=O)c2ccccc2)c1. The van der Waals surface area contributed by atoms with E-state index in [1.165, 1.54) is 26.0 Å². The molecule has 0 saturated carbocycles. The van der Waals surface area contributed by atoms with E-state index in [-0.39, 0.29) is 17.0 Å². The van der Waals surface area contributed by atoms with E-state index in [0.29, 0.717) is 22.9 Å². The molecule has 1 unspecified atom stereocenters. The molecule has 4 aromatic rings. The first kappa shape index (κ1) is 27.3. The Morgan fingerprint density at radius 1 is 0.769 bits per heavy atom. The van der Waals surface area contributed by atoms with Crippen molar-refractivity contribution in [3.63, 3.8) is 0 Å². The van der Waals surface area contributed by atoms with E-state index in [9.17, 15) is 14.4 Å². The van der Waals surface area contributed by atoms with Crippen molar-refractivity contribution in [1.29, 1.82) is 0 Å². The predicted molar refractivity (Wildman–Crippen MR) is 153 cm³/mol. The maximum Gasteiger partial charge on any atom is 0.263 e. The number of rotatable bonds is 10. The van der Waals surface area contributed by atoms with Gasteiger partial charge in [-0.1, -0.05) is 54.6 Å². The van der Waals surface area contributed by atoms with Gasteiger partial charge in [0, 0.05) is 10.6 Å². The molecule has 3 amide bonds.